The molecule has 10 unspecified atom stereocenters. The van der Waals surface area contributed by atoms with Gasteiger partial charge in [0.1, 0.15) is 71.9 Å². The third kappa shape index (κ3) is 11.0. The van der Waals surface area contributed by atoms with Gasteiger partial charge in [0.15, 0.2) is 12.5 Å². The summed E-state index contributed by atoms with van der Waals surface area (Å²) in [7, 11) is 1.64. The number of nitrogens with zero attached hydrogens (tertiary/aromatic N) is 2. The van der Waals surface area contributed by atoms with Crippen LogP contribution in [0.4, 0.5) is 5.69 Å². The predicted molar refractivity (Wildman–Crippen MR) is 218 cm³/mol. The number of methoxy groups -OCH3 is 1. The number of anilines is 1. The van der Waals surface area contributed by atoms with Gasteiger partial charge in [0.05, 0.1) is 13.0 Å². The highest BCUT2D eigenvalue weighted by Gasteiger charge is 2.54. The fourth-order valence-electron chi connectivity index (χ4n) is 8.18. The maximum absolute atomic E-state index is 13.0. The molecule has 3 saturated heterocycles. The van der Waals surface area contributed by atoms with Gasteiger partial charge in [-0.15, -0.1) is 0 Å². The number of hydrogen-bond donors (Lipinski definition) is 7. The average Bonchev–Trinajstić information content (AvgIpc) is 3.69. The maximum Gasteiger partial charge on any atom is 0.250 e. The van der Waals surface area contributed by atoms with E-state index in [0.717, 1.165) is 48.7 Å². The summed E-state index contributed by atoms with van der Waals surface area (Å²) >= 11 is 0. The Balaban J connectivity index is 0.969. The molecular weight excluding hydrogens is 778 g/mol. The fourth-order valence-corrected chi connectivity index (χ4v) is 8.18. The first-order valence-electron chi connectivity index (χ1n) is 20.7. The van der Waals surface area contributed by atoms with Crippen molar-refractivity contribution in [1.29, 1.82) is 0 Å². The number of aliphatic hydroxyl groups is 4. The van der Waals surface area contributed by atoms with E-state index in [2.05, 4.69) is 41.1 Å². The van der Waals surface area contributed by atoms with Gasteiger partial charge in [-0.25, -0.2) is 0 Å². The van der Waals surface area contributed by atoms with Crippen LogP contribution in [0.15, 0.2) is 73.2 Å². The molecule has 0 aliphatic carbocycles. The fraction of sp³-hybridized carbons (Fsp3) is 0.558. The van der Waals surface area contributed by atoms with E-state index in [-0.39, 0.29) is 30.7 Å². The molecule has 328 valence electrons. The number of rotatable bonds is 20. The Bertz CT molecular complexity index is 1790. The molecule has 10 atom stereocenters. The molecule has 6 rings (SSSR count). The number of carbonyl (C=O) groups is 3. The van der Waals surface area contributed by atoms with Gasteiger partial charge >= 0.3 is 0 Å². The Morgan fingerprint density at radius 1 is 0.917 bits per heavy atom. The molecule has 2 aromatic carbocycles. The monoisotopic (exact) mass is 837 g/mol. The number of nitrogens with two attached hydrogens (primary N) is 2. The minimum atomic E-state index is -1.62. The molecule has 0 saturated carbocycles. The summed E-state index contributed by atoms with van der Waals surface area (Å²) in [6.07, 6.45) is -4.88. The molecular formula is C43H59N5O12. The van der Waals surface area contributed by atoms with E-state index in [1.165, 1.54) is 17.2 Å². The second-order valence-corrected chi connectivity index (χ2v) is 15.8. The molecule has 4 aliphatic heterocycles. The largest absolute Gasteiger partial charge is 0.497 e. The van der Waals surface area contributed by atoms with Crippen molar-refractivity contribution in [3.05, 3.63) is 78.8 Å². The van der Waals surface area contributed by atoms with Crippen LogP contribution >= 0.6 is 0 Å². The lowest BCUT2D eigenvalue weighted by Gasteiger charge is -2.35. The predicted octanol–water partition coefficient (Wildman–Crippen LogP) is 0.951. The van der Waals surface area contributed by atoms with Gasteiger partial charge in [0.2, 0.25) is 5.91 Å². The summed E-state index contributed by atoms with van der Waals surface area (Å²) in [6, 6.07) is 16.0. The van der Waals surface area contributed by atoms with Gasteiger partial charge in [-0.05, 0) is 61.2 Å². The highest BCUT2D eigenvalue weighted by Crippen LogP contribution is 2.36. The van der Waals surface area contributed by atoms with Crippen LogP contribution in [0.5, 0.6) is 11.5 Å². The van der Waals surface area contributed by atoms with Crippen LogP contribution in [0.2, 0.25) is 0 Å². The smallest absolute Gasteiger partial charge is 0.250 e. The van der Waals surface area contributed by atoms with Crippen LogP contribution in [-0.2, 0) is 35.0 Å². The summed E-state index contributed by atoms with van der Waals surface area (Å²) < 4.78 is 29.2. The first kappa shape index (κ1) is 44.9. The van der Waals surface area contributed by atoms with Crippen molar-refractivity contribution < 1.29 is 58.5 Å². The van der Waals surface area contributed by atoms with E-state index in [1.54, 1.807) is 7.11 Å². The van der Waals surface area contributed by atoms with Crippen molar-refractivity contribution >= 4 is 23.3 Å². The number of ether oxygens (including phenoxy) is 5. The Kier molecular flexibility index (Phi) is 15.6. The van der Waals surface area contributed by atoms with Crippen molar-refractivity contribution in [3.63, 3.8) is 0 Å². The summed E-state index contributed by atoms with van der Waals surface area (Å²) in [5, 5.41) is 45.9. The van der Waals surface area contributed by atoms with Gasteiger partial charge in [0.25, 0.3) is 5.91 Å². The molecule has 17 nitrogen and oxygen atoms in total. The number of piperidine rings is 1. The van der Waals surface area contributed by atoms with Crippen LogP contribution in [0.25, 0.3) is 0 Å². The number of aryl methyl sites for hydroxylation is 1. The van der Waals surface area contributed by atoms with Crippen LogP contribution in [0.1, 0.15) is 56.9 Å². The SMILES string of the molecule is C=C1NC(=O)C=CN1C1OC(C(OC2OC(CN)C(O)C2O)C(CCCCCC(=O)CCc2ccc(N3CCC(Oc4ccc(OC)cc4)CC3)cc2)C(N)=O)C(O)C1O. The average molecular weight is 838 g/mol. The van der Waals surface area contributed by atoms with E-state index in [9.17, 15) is 34.8 Å². The number of ketones is 1. The number of aliphatic hydroxyl groups excluding tert-OH is 4. The molecule has 0 radical (unpaired) electrons. The molecule has 9 N–H and O–H groups in total. The zero-order valence-electron chi connectivity index (χ0n) is 33.9. The van der Waals surface area contributed by atoms with E-state index < -0.39 is 73.0 Å². The van der Waals surface area contributed by atoms with Gasteiger partial charge < -0.3 is 70.7 Å². The topological polar surface area (TPSA) is 249 Å². The first-order chi connectivity index (χ1) is 28.9. The van der Waals surface area contributed by atoms with E-state index in [1.807, 2.05) is 24.3 Å². The minimum absolute atomic E-state index is 0.0826. The highest BCUT2D eigenvalue weighted by molar-refractivity contribution is 5.89. The standard InChI is InChI=1S/C43H59N5O12/c1-25-46-34(50)20-23-48(25)42-37(53)36(52)40(59-42)39(60-43-38(54)35(51)33(24-44)58-43)32(41(45)55)7-5-3-4-6-28(49)13-10-26-8-11-27(12-9-26)47-21-18-31(19-22-47)57-30-16-14-29(56-2)15-17-30/h8-9,11-12,14-17,20,23,31-33,35-40,42-43,51-54H,1,3-7,10,13,18-19,21-22,24,44H2,2H3,(H2,45,55)(H,46,50). The van der Waals surface area contributed by atoms with Crippen LogP contribution in [-0.4, -0.2) is 131 Å². The quantitative estimate of drug-likeness (QED) is 0.0918. The normalized spacial score (nSPS) is 28.1. The number of carbonyl (C=O) groups excluding carboxylic acids is 3. The second kappa shape index (κ2) is 20.8. The zero-order chi connectivity index (χ0) is 42.9. The van der Waals surface area contributed by atoms with Crippen LogP contribution in [0.3, 0.4) is 0 Å². The minimum Gasteiger partial charge on any atom is -0.497 e. The van der Waals surface area contributed by atoms with Crippen molar-refractivity contribution in [2.45, 2.75) is 119 Å². The van der Waals surface area contributed by atoms with E-state index >= 15 is 0 Å². The summed E-state index contributed by atoms with van der Waals surface area (Å²) in [4.78, 5) is 41.4. The second-order valence-electron chi connectivity index (χ2n) is 15.8. The molecule has 3 fully saturated rings. The number of benzene rings is 2. The Hall–Kier alpha value is -4.59. The highest BCUT2D eigenvalue weighted by atomic mass is 16.7. The Morgan fingerprint density at radius 3 is 2.25 bits per heavy atom. The van der Waals surface area contributed by atoms with Gasteiger partial charge in [-0.1, -0.05) is 31.6 Å². The van der Waals surface area contributed by atoms with Crippen molar-refractivity contribution in [2.24, 2.45) is 17.4 Å². The number of Topliss-reactive ketones (excluding diaryl/α,β-unsaturated/α-hetero) is 1. The van der Waals surface area contributed by atoms with Crippen molar-refractivity contribution in [1.82, 2.24) is 10.2 Å². The number of nitrogens with one attached hydrogen (secondary N) is 1. The molecule has 4 heterocycles. The maximum atomic E-state index is 13.0. The van der Waals surface area contributed by atoms with Gasteiger partial charge in [-0.2, -0.15) is 0 Å². The molecule has 17 heteroatoms. The molecule has 0 spiro atoms. The summed E-state index contributed by atoms with van der Waals surface area (Å²) in [5.41, 5.74) is 13.8. The number of unbranched alkanes of at least 4 members (excludes halogenated alkanes) is 2. The lowest BCUT2D eigenvalue weighted by molar-refractivity contribution is -0.232. The Labute approximate surface area is 349 Å². The number of hydrogen-bond acceptors (Lipinski definition) is 15. The number of amides is 2. The molecule has 2 aromatic rings. The van der Waals surface area contributed by atoms with Crippen LogP contribution < -0.4 is 31.2 Å². The third-order valence-corrected chi connectivity index (χ3v) is 11.7. The van der Waals surface area contributed by atoms with E-state index in [4.69, 9.17) is 35.2 Å². The summed E-state index contributed by atoms with van der Waals surface area (Å²) in [6.45, 7) is 5.42. The molecule has 2 amide bonds. The van der Waals surface area contributed by atoms with Crippen LogP contribution in [0, 0.1) is 5.92 Å². The van der Waals surface area contributed by atoms with Gasteiger partial charge in [0, 0.05) is 63.3 Å². The van der Waals surface area contributed by atoms with Crippen molar-refractivity contribution in [2.75, 3.05) is 31.6 Å². The van der Waals surface area contributed by atoms with Gasteiger partial charge in [-0.3, -0.25) is 14.4 Å². The third-order valence-electron chi connectivity index (χ3n) is 11.7. The molecule has 60 heavy (non-hydrogen) atoms. The number of primary amides is 1. The zero-order valence-corrected chi connectivity index (χ0v) is 33.9. The lowest BCUT2D eigenvalue weighted by Crippen LogP contribution is -2.50. The van der Waals surface area contributed by atoms with E-state index in [0.29, 0.717) is 38.5 Å². The lowest BCUT2D eigenvalue weighted by atomic mass is 9.88. The van der Waals surface area contributed by atoms with Crippen molar-refractivity contribution in [3.8, 4) is 11.5 Å². The summed E-state index contributed by atoms with van der Waals surface area (Å²) in [5.74, 6) is -0.505. The first-order valence-corrected chi connectivity index (χ1v) is 20.7. The molecule has 0 bridgehead atoms. The molecule has 4 aliphatic rings. The Morgan fingerprint density at radius 2 is 1.62 bits per heavy atom. The molecule has 0 aromatic heterocycles.